The zero-order valence-corrected chi connectivity index (χ0v) is 19.0. The highest BCUT2D eigenvalue weighted by Crippen LogP contribution is 2.54. The van der Waals surface area contributed by atoms with E-state index in [2.05, 4.69) is 29.2 Å². The van der Waals surface area contributed by atoms with Crippen LogP contribution in [0.3, 0.4) is 0 Å². The predicted molar refractivity (Wildman–Crippen MR) is 120 cm³/mol. The maximum atomic E-state index is 12.4. The van der Waals surface area contributed by atoms with E-state index in [0.717, 1.165) is 37.9 Å². The Balaban J connectivity index is 1.19. The second-order valence-electron chi connectivity index (χ2n) is 11.3. The number of carbonyl (C=O) groups excluding carboxylic acids is 1. The molecular weight excluding hydrogens is 372 g/mol. The minimum absolute atomic E-state index is 0.135. The van der Waals surface area contributed by atoms with Crippen molar-refractivity contribution in [1.82, 2.24) is 9.80 Å². The quantitative estimate of drug-likeness (QED) is 0.624. The van der Waals surface area contributed by atoms with E-state index in [1.807, 2.05) is 25.7 Å². The van der Waals surface area contributed by atoms with Gasteiger partial charge in [0.2, 0.25) is 0 Å². The minimum Gasteiger partial charge on any atom is -0.444 e. The molecule has 4 fully saturated rings. The Morgan fingerprint density at radius 1 is 1.00 bits per heavy atom. The molecule has 2 heterocycles. The number of piperidine rings is 1. The third kappa shape index (κ3) is 4.00. The molecule has 5 rings (SSSR count). The molecule has 0 radical (unpaired) electrons. The van der Waals surface area contributed by atoms with Crippen LogP contribution in [-0.2, 0) is 4.74 Å². The molecule has 2 saturated heterocycles. The van der Waals surface area contributed by atoms with Crippen molar-refractivity contribution in [3.8, 4) is 0 Å². The molecular formula is C26H38N2O2. The van der Waals surface area contributed by atoms with Crippen LogP contribution >= 0.6 is 0 Å². The predicted octanol–water partition coefficient (Wildman–Crippen LogP) is 5.88. The molecule has 0 N–H and O–H groups in total. The van der Waals surface area contributed by atoms with Crippen molar-refractivity contribution in [2.75, 3.05) is 19.6 Å². The summed E-state index contributed by atoms with van der Waals surface area (Å²) in [6.45, 7) is 8.81. The molecule has 164 valence electrons. The van der Waals surface area contributed by atoms with Gasteiger partial charge in [-0.2, -0.15) is 0 Å². The van der Waals surface area contributed by atoms with Crippen LogP contribution in [0.15, 0.2) is 24.3 Å². The smallest absolute Gasteiger partial charge is 0.410 e. The summed E-state index contributed by atoms with van der Waals surface area (Å²) in [4.78, 5) is 17.2. The van der Waals surface area contributed by atoms with E-state index in [9.17, 15) is 4.79 Å². The van der Waals surface area contributed by atoms with E-state index in [-0.39, 0.29) is 6.09 Å². The van der Waals surface area contributed by atoms with Gasteiger partial charge in [0.15, 0.2) is 0 Å². The van der Waals surface area contributed by atoms with Gasteiger partial charge < -0.3 is 9.64 Å². The Bertz CT molecular complexity index is 778. The summed E-state index contributed by atoms with van der Waals surface area (Å²) in [5.74, 6) is 0.827. The summed E-state index contributed by atoms with van der Waals surface area (Å²) in [6.07, 6.45) is 10.2. The number of likely N-dealkylation sites (tertiary alicyclic amines) is 2. The first kappa shape index (κ1) is 20.4. The van der Waals surface area contributed by atoms with Gasteiger partial charge in [-0.05, 0) is 101 Å². The van der Waals surface area contributed by atoms with Gasteiger partial charge in [0.05, 0.1) is 0 Å². The average Bonchev–Trinajstić information content (AvgIpc) is 3.42. The lowest BCUT2D eigenvalue weighted by Gasteiger charge is -2.55. The van der Waals surface area contributed by atoms with Crippen LogP contribution in [0.4, 0.5) is 4.79 Å². The number of amides is 1. The first-order valence-corrected chi connectivity index (χ1v) is 12.2. The lowest BCUT2D eigenvalue weighted by atomic mass is 9.60. The van der Waals surface area contributed by atoms with Crippen molar-refractivity contribution in [2.45, 2.75) is 95.7 Å². The van der Waals surface area contributed by atoms with E-state index in [1.54, 1.807) is 11.1 Å². The van der Waals surface area contributed by atoms with E-state index in [4.69, 9.17) is 4.74 Å². The molecule has 1 atom stereocenters. The molecule has 4 aliphatic rings. The van der Waals surface area contributed by atoms with E-state index >= 15 is 0 Å². The third-order valence-corrected chi connectivity index (χ3v) is 7.95. The monoisotopic (exact) mass is 410 g/mol. The number of carbonyl (C=O) groups is 1. The molecule has 2 saturated carbocycles. The van der Waals surface area contributed by atoms with Crippen LogP contribution in [0, 0.1) is 5.41 Å². The third-order valence-electron chi connectivity index (χ3n) is 7.95. The molecule has 4 heteroatoms. The Kier molecular flexibility index (Phi) is 5.12. The van der Waals surface area contributed by atoms with Gasteiger partial charge in [-0.3, -0.25) is 4.90 Å². The van der Waals surface area contributed by atoms with Crippen LogP contribution < -0.4 is 0 Å². The second kappa shape index (κ2) is 7.55. The molecule has 1 aromatic carbocycles. The van der Waals surface area contributed by atoms with Crippen molar-refractivity contribution in [3.05, 3.63) is 35.4 Å². The van der Waals surface area contributed by atoms with E-state index in [1.165, 1.54) is 45.1 Å². The largest absolute Gasteiger partial charge is 0.444 e. The molecule has 30 heavy (non-hydrogen) atoms. The van der Waals surface area contributed by atoms with Gasteiger partial charge >= 0.3 is 6.09 Å². The second-order valence-corrected chi connectivity index (χ2v) is 11.3. The number of hydrogen-bond acceptors (Lipinski definition) is 3. The normalized spacial score (nSPS) is 27.3. The molecule has 0 aromatic heterocycles. The fraction of sp³-hybridized carbons (Fsp3) is 0.731. The minimum atomic E-state index is -0.407. The molecule has 2 aliphatic carbocycles. The first-order valence-electron chi connectivity index (χ1n) is 12.2. The van der Waals surface area contributed by atoms with E-state index in [0.29, 0.717) is 11.5 Å². The molecule has 1 aromatic rings. The highest BCUT2D eigenvalue weighted by atomic mass is 16.6. The topological polar surface area (TPSA) is 32.8 Å². The highest BCUT2D eigenvalue weighted by Gasteiger charge is 2.50. The number of nitrogens with zero attached hydrogens (tertiary/aromatic N) is 2. The van der Waals surface area contributed by atoms with E-state index < -0.39 is 5.60 Å². The average molecular weight is 411 g/mol. The summed E-state index contributed by atoms with van der Waals surface area (Å²) in [6, 6.07) is 10.6. The summed E-state index contributed by atoms with van der Waals surface area (Å²) in [5.41, 5.74) is 3.31. The van der Waals surface area contributed by atoms with Gasteiger partial charge in [-0.25, -0.2) is 4.79 Å². The summed E-state index contributed by atoms with van der Waals surface area (Å²) in [7, 11) is 0. The van der Waals surface area contributed by atoms with Crippen molar-refractivity contribution in [1.29, 1.82) is 0 Å². The van der Waals surface area contributed by atoms with Crippen LogP contribution in [-0.4, -0.2) is 47.2 Å². The van der Waals surface area contributed by atoms with Crippen LogP contribution in [0.1, 0.15) is 95.2 Å². The molecule has 1 spiro atoms. The lowest BCUT2D eigenvalue weighted by molar-refractivity contribution is -0.0516. The van der Waals surface area contributed by atoms with Gasteiger partial charge in [0.1, 0.15) is 5.60 Å². The zero-order chi connectivity index (χ0) is 20.9. The SMILES string of the molecule is CC(C)(C)OC(=O)N1CCC2(CC1)CC(N1CCCC1c1ccccc1C1CC1)C2. The summed E-state index contributed by atoms with van der Waals surface area (Å²) in [5, 5.41) is 0. The van der Waals surface area contributed by atoms with Crippen LogP contribution in [0.2, 0.25) is 0 Å². The number of benzene rings is 1. The van der Waals surface area contributed by atoms with Crippen LogP contribution in [0.25, 0.3) is 0 Å². The lowest BCUT2D eigenvalue weighted by Crippen LogP contribution is -2.55. The number of rotatable bonds is 3. The van der Waals surface area contributed by atoms with Crippen molar-refractivity contribution >= 4 is 6.09 Å². The Hall–Kier alpha value is -1.55. The molecule has 2 aliphatic heterocycles. The first-order chi connectivity index (χ1) is 14.3. The van der Waals surface area contributed by atoms with Gasteiger partial charge in [0, 0.05) is 25.2 Å². The Labute approximate surface area is 182 Å². The molecule has 1 unspecified atom stereocenters. The fourth-order valence-electron chi connectivity index (χ4n) is 6.21. The van der Waals surface area contributed by atoms with Gasteiger partial charge in [0.25, 0.3) is 0 Å². The van der Waals surface area contributed by atoms with Crippen LogP contribution in [0.5, 0.6) is 0 Å². The Morgan fingerprint density at radius 3 is 2.30 bits per heavy atom. The van der Waals surface area contributed by atoms with Gasteiger partial charge in [-0.15, -0.1) is 0 Å². The fourth-order valence-corrected chi connectivity index (χ4v) is 6.21. The molecule has 4 nitrogen and oxygen atoms in total. The number of hydrogen-bond donors (Lipinski definition) is 0. The summed E-state index contributed by atoms with van der Waals surface area (Å²) >= 11 is 0. The maximum Gasteiger partial charge on any atom is 0.410 e. The zero-order valence-electron chi connectivity index (χ0n) is 19.0. The van der Waals surface area contributed by atoms with Gasteiger partial charge in [-0.1, -0.05) is 24.3 Å². The summed E-state index contributed by atoms with van der Waals surface area (Å²) < 4.78 is 5.58. The maximum absolute atomic E-state index is 12.4. The molecule has 0 bridgehead atoms. The standard InChI is InChI=1S/C26H38N2O2/c1-25(2,3)30-24(29)27-15-12-26(13-16-27)17-20(18-26)28-14-6-9-23(28)22-8-5-4-7-21(22)19-10-11-19/h4-5,7-8,19-20,23H,6,9-18H2,1-3H3. The van der Waals surface area contributed by atoms with Crippen molar-refractivity contribution < 1.29 is 9.53 Å². The molecule has 1 amide bonds. The highest BCUT2D eigenvalue weighted by molar-refractivity contribution is 5.68. The Morgan fingerprint density at radius 2 is 1.67 bits per heavy atom. The van der Waals surface area contributed by atoms with Crippen molar-refractivity contribution in [3.63, 3.8) is 0 Å². The number of ether oxygens (including phenoxy) is 1. The van der Waals surface area contributed by atoms with Crippen molar-refractivity contribution in [2.24, 2.45) is 5.41 Å².